The van der Waals surface area contributed by atoms with Gasteiger partial charge in [0.05, 0.1) is 0 Å². The molecule has 0 aliphatic heterocycles. The van der Waals surface area contributed by atoms with E-state index in [1.54, 1.807) is 48.5 Å². The molecule has 0 saturated carbocycles. The van der Waals surface area contributed by atoms with E-state index in [9.17, 15) is 4.79 Å². The molecule has 0 heterocycles. The first-order valence-electron chi connectivity index (χ1n) is 5.93. The third-order valence-corrected chi connectivity index (χ3v) is 2.95. The van der Waals surface area contributed by atoms with Crippen molar-refractivity contribution in [3.05, 3.63) is 70.8 Å². The number of anilines is 1. The zero-order valence-corrected chi connectivity index (χ0v) is 11.3. The smallest absolute Gasteiger partial charge is 0.266 e. The maximum atomic E-state index is 12.0. The number of hydrogen-bond donors (Lipinski definition) is 1. The monoisotopic (exact) mass is 282 g/mol. The molecule has 2 aromatic carbocycles. The third kappa shape index (κ3) is 3.47. The number of nitrogens with zero attached hydrogens (tertiary/aromatic N) is 1. The molecule has 3 nitrogen and oxygen atoms in total. The summed E-state index contributed by atoms with van der Waals surface area (Å²) >= 11 is 6.00. The highest BCUT2D eigenvalue weighted by Crippen LogP contribution is 2.18. The molecule has 0 radical (unpaired) electrons. The summed E-state index contributed by atoms with van der Waals surface area (Å²) in [5.41, 5.74) is 1.27. The first-order chi connectivity index (χ1) is 9.70. The molecule has 0 aliphatic carbocycles. The maximum Gasteiger partial charge on any atom is 0.266 e. The number of amides is 1. The van der Waals surface area contributed by atoms with E-state index in [0.29, 0.717) is 16.3 Å². The predicted molar refractivity (Wildman–Crippen MR) is 80.1 cm³/mol. The van der Waals surface area contributed by atoms with Crippen LogP contribution in [0.2, 0.25) is 5.02 Å². The van der Waals surface area contributed by atoms with Crippen LogP contribution in [0.5, 0.6) is 0 Å². The standard InChI is InChI=1S/C16H11ClN2O/c17-15-9-5-4-6-12(15)10-13(11-18)16(20)19-14-7-2-1-3-8-14/h1-10H,(H,19,20)/b13-10-. The Kier molecular flexibility index (Phi) is 4.54. The molecule has 0 saturated heterocycles. The Bertz CT molecular complexity index is 687. The van der Waals surface area contributed by atoms with Crippen molar-refractivity contribution in [2.75, 3.05) is 5.32 Å². The molecular weight excluding hydrogens is 272 g/mol. The zero-order valence-electron chi connectivity index (χ0n) is 10.5. The van der Waals surface area contributed by atoms with Gasteiger partial charge in [0.15, 0.2) is 0 Å². The lowest BCUT2D eigenvalue weighted by Crippen LogP contribution is -2.13. The Morgan fingerprint density at radius 1 is 1.10 bits per heavy atom. The number of rotatable bonds is 3. The number of halogens is 1. The minimum absolute atomic E-state index is 0.00181. The number of para-hydroxylation sites is 1. The third-order valence-electron chi connectivity index (χ3n) is 2.60. The molecule has 1 amide bonds. The summed E-state index contributed by atoms with van der Waals surface area (Å²) in [6.45, 7) is 0. The fraction of sp³-hybridized carbons (Fsp3) is 0. The molecule has 0 bridgehead atoms. The van der Waals surface area contributed by atoms with Crippen LogP contribution in [0.15, 0.2) is 60.2 Å². The SMILES string of the molecule is N#C/C(=C/c1ccccc1Cl)C(=O)Nc1ccccc1. The van der Waals surface area contributed by atoms with E-state index in [-0.39, 0.29) is 5.57 Å². The molecule has 2 aromatic rings. The molecule has 0 aliphatic rings. The van der Waals surface area contributed by atoms with Gasteiger partial charge in [0.1, 0.15) is 11.6 Å². The molecule has 20 heavy (non-hydrogen) atoms. The van der Waals surface area contributed by atoms with Gasteiger partial charge in [-0.2, -0.15) is 5.26 Å². The number of benzene rings is 2. The fourth-order valence-electron chi connectivity index (χ4n) is 1.62. The Balaban J connectivity index is 2.23. The van der Waals surface area contributed by atoms with Crippen LogP contribution < -0.4 is 5.32 Å². The molecule has 0 atom stereocenters. The van der Waals surface area contributed by atoms with Gasteiger partial charge in [0.2, 0.25) is 0 Å². The lowest BCUT2D eigenvalue weighted by atomic mass is 10.1. The van der Waals surface area contributed by atoms with Gasteiger partial charge >= 0.3 is 0 Å². The fourth-order valence-corrected chi connectivity index (χ4v) is 1.81. The van der Waals surface area contributed by atoms with Gasteiger partial charge in [-0.05, 0) is 29.8 Å². The van der Waals surface area contributed by atoms with Gasteiger partial charge < -0.3 is 5.32 Å². The van der Waals surface area contributed by atoms with Crippen LogP contribution in [0.3, 0.4) is 0 Å². The van der Waals surface area contributed by atoms with Gasteiger partial charge in [-0.3, -0.25) is 4.79 Å². The molecule has 98 valence electrons. The minimum atomic E-state index is -0.460. The zero-order chi connectivity index (χ0) is 14.4. The molecule has 4 heteroatoms. The summed E-state index contributed by atoms with van der Waals surface area (Å²) in [7, 11) is 0. The highest BCUT2D eigenvalue weighted by atomic mass is 35.5. The Morgan fingerprint density at radius 3 is 2.40 bits per heavy atom. The molecule has 1 N–H and O–H groups in total. The Morgan fingerprint density at radius 2 is 1.75 bits per heavy atom. The summed E-state index contributed by atoms with van der Waals surface area (Å²) in [5.74, 6) is -0.460. The van der Waals surface area contributed by atoms with Crippen LogP contribution in [0.25, 0.3) is 6.08 Å². The summed E-state index contributed by atoms with van der Waals surface area (Å²) in [6.07, 6.45) is 1.47. The van der Waals surface area contributed by atoms with Crippen molar-refractivity contribution < 1.29 is 4.79 Å². The summed E-state index contributed by atoms with van der Waals surface area (Å²) in [5, 5.41) is 12.3. The molecule has 0 unspecified atom stereocenters. The van der Waals surface area contributed by atoms with Gasteiger partial charge in [-0.15, -0.1) is 0 Å². The normalized spacial score (nSPS) is 10.7. The van der Waals surface area contributed by atoms with Crippen LogP contribution in [-0.2, 0) is 4.79 Å². The van der Waals surface area contributed by atoms with Crippen LogP contribution >= 0.6 is 11.6 Å². The highest BCUT2D eigenvalue weighted by Gasteiger charge is 2.10. The second kappa shape index (κ2) is 6.55. The molecule has 2 rings (SSSR count). The Labute approximate surface area is 122 Å². The lowest BCUT2D eigenvalue weighted by Gasteiger charge is -2.04. The number of hydrogen-bond acceptors (Lipinski definition) is 2. The molecular formula is C16H11ClN2O. The van der Waals surface area contributed by atoms with Crippen LogP contribution in [0, 0.1) is 11.3 Å². The number of nitriles is 1. The molecule has 0 aromatic heterocycles. The second-order valence-electron chi connectivity index (χ2n) is 4.01. The quantitative estimate of drug-likeness (QED) is 0.686. The largest absolute Gasteiger partial charge is 0.321 e. The van der Waals surface area contributed by atoms with E-state index in [4.69, 9.17) is 16.9 Å². The van der Waals surface area contributed by atoms with Crippen LogP contribution in [-0.4, -0.2) is 5.91 Å². The van der Waals surface area contributed by atoms with E-state index >= 15 is 0 Å². The van der Waals surface area contributed by atoms with E-state index in [1.807, 2.05) is 12.1 Å². The average molecular weight is 283 g/mol. The maximum absolute atomic E-state index is 12.0. The van der Waals surface area contributed by atoms with E-state index in [0.717, 1.165) is 0 Å². The van der Waals surface area contributed by atoms with Gasteiger partial charge in [0.25, 0.3) is 5.91 Å². The van der Waals surface area contributed by atoms with Gasteiger partial charge in [0, 0.05) is 10.7 Å². The second-order valence-corrected chi connectivity index (χ2v) is 4.42. The predicted octanol–water partition coefficient (Wildman–Crippen LogP) is 3.89. The van der Waals surface area contributed by atoms with Gasteiger partial charge in [-0.25, -0.2) is 0 Å². The summed E-state index contributed by atoms with van der Waals surface area (Å²) in [4.78, 5) is 12.0. The van der Waals surface area contributed by atoms with Crippen molar-refractivity contribution in [3.8, 4) is 6.07 Å². The summed E-state index contributed by atoms with van der Waals surface area (Å²) < 4.78 is 0. The van der Waals surface area contributed by atoms with Gasteiger partial charge in [-0.1, -0.05) is 48.0 Å². The van der Waals surface area contributed by atoms with Crippen molar-refractivity contribution in [1.29, 1.82) is 5.26 Å². The van der Waals surface area contributed by atoms with E-state index < -0.39 is 5.91 Å². The minimum Gasteiger partial charge on any atom is -0.321 e. The van der Waals surface area contributed by atoms with Crippen molar-refractivity contribution in [2.45, 2.75) is 0 Å². The Hall–Kier alpha value is -2.57. The first-order valence-corrected chi connectivity index (χ1v) is 6.31. The van der Waals surface area contributed by atoms with Crippen molar-refractivity contribution in [1.82, 2.24) is 0 Å². The van der Waals surface area contributed by atoms with Crippen LogP contribution in [0.1, 0.15) is 5.56 Å². The number of carbonyl (C=O) groups is 1. The van der Waals surface area contributed by atoms with Crippen molar-refractivity contribution >= 4 is 29.3 Å². The van der Waals surface area contributed by atoms with Crippen LogP contribution in [0.4, 0.5) is 5.69 Å². The van der Waals surface area contributed by atoms with E-state index in [1.165, 1.54) is 6.08 Å². The number of carbonyl (C=O) groups excluding carboxylic acids is 1. The first kappa shape index (κ1) is 13.9. The average Bonchev–Trinajstić information content (AvgIpc) is 2.47. The van der Waals surface area contributed by atoms with Crippen molar-refractivity contribution in [2.24, 2.45) is 0 Å². The molecule has 0 fully saturated rings. The highest BCUT2D eigenvalue weighted by molar-refractivity contribution is 6.32. The summed E-state index contributed by atoms with van der Waals surface area (Å²) in [6, 6.07) is 17.9. The lowest BCUT2D eigenvalue weighted by molar-refractivity contribution is -0.112. The topological polar surface area (TPSA) is 52.9 Å². The van der Waals surface area contributed by atoms with E-state index in [2.05, 4.69) is 5.32 Å². The van der Waals surface area contributed by atoms with Crippen molar-refractivity contribution in [3.63, 3.8) is 0 Å². The number of nitrogens with one attached hydrogen (secondary N) is 1. The molecule has 0 spiro atoms.